The zero-order valence-corrected chi connectivity index (χ0v) is 15.6. The largest absolute Gasteiger partial charge is 0.389 e. The minimum Gasteiger partial charge on any atom is -0.389 e. The van der Waals surface area contributed by atoms with Gasteiger partial charge in [0.2, 0.25) is 15.9 Å². The zero-order valence-electron chi connectivity index (χ0n) is 14.0. The number of hydrogen-bond acceptors (Lipinski definition) is 7. The summed E-state index contributed by atoms with van der Waals surface area (Å²) in [7, 11) is -3.64. The van der Waals surface area contributed by atoms with Gasteiger partial charge < -0.3 is 14.7 Å². The molecule has 0 saturated carbocycles. The summed E-state index contributed by atoms with van der Waals surface area (Å²) < 4.78 is 32.7. The number of thiophene rings is 1. The molecule has 0 spiro atoms. The number of nitrogens with zero attached hydrogens (tertiary/aromatic N) is 2. The van der Waals surface area contributed by atoms with Gasteiger partial charge in [-0.15, -0.1) is 0 Å². The molecule has 3 atom stereocenters. The van der Waals surface area contributed by atoms with Gasteiger partial charge in [-0.2, -0.15) is 11.3 Å². The molecular formula is C15H23N3O5S2. The number of carbonyl (C=O) groups excluding carboxylic acids is 1. The van der Waals surface area contributed by atoms with Crippen LogP contribution in [0.25, 0.3) is 0 Å². The molecule has 1 aromatic heterocycles. The second-order valence-corrected chi connectivity index (χ2v) is 8.85. The van der Waals surface area contributed by atoms with Crippen molar-refractivity contribution in [2.24, 2.45) is 0 Å². The minimum atomic E-state index is -3.64. The van der Waals surface area contributed by atoms with E-state index in [1.807, 2.05) is 0 Å². The maximum Gasteiger partial charge on any atom is 0.241 e. The van der Waals surface area contributed by atoms with E-state index in [2.05, 4.69) is 9.62 Å². The monoisotopic (exact) mass is 389 g/mol. The molecule has 0 unspecified atom stereocenters. The lowest BCUT2D eigenvalue weighted by molar-refractivity contribution is -0.130. The first-order valence-electron chi connectivity index (χ1n) is 8.19. The molecule has 0 aromatic carbocycles. The number of carbonyl (C=O) groups is 1. The summed E-state index contributed by atoms with van der Waals surface area (Å²) in [6.07, 6.45) is -1.35. The third kappa shape index (κ3) is 4.39. The third-order valence-electron chi connectivity index (χ3n) is 4.65. The molecule has 10 heteroatoms. The van der Waals surface area contributed by atoms with Crippen molar-refractivity contribution in [2.75, 3.05) is 39.3 Å². The molecule has 2 aliphatic rings. The van der Waals surface area contributed by atoms with Crippen LogP contribution in [0.1, 0.15) is 6.92 Å². The fourth-order valence-electron chi connectivity index (χ4n) is 3.12. The van der Waals surface area contributed by atoms with E-state index in [1.165, 1.54) is 17.4 Å². The van der Waals surface area contributed by atoms with Crippen LogP contribution < -0.4 is 4.72 Å². The predicted octanol–water partition coefficient (Wildman–Crippen LogP) is -0.681. The van der Waals surface area contributed by atoms with Crippen LogP contribution >= 0.6 is 11.3 Å². The van der Waals surface area contributed by atoms with Crippen molar-refractivity contribution in [3.05, 3.63) is 16.8 Å². The molecule has 0 aliphatic carbocycles. The van der Waals surface area contributed by atoms with Crippen LogP contribution in [-0.2, 0) is 19.6 Å². The van der Waals surface area contributed by atoms with E-state index < -0.39 is 28.3 Å². The fourth-order valence-corrected chi connectivity index (χ4v) is 5.39. The van der Waals surface area contributed by atoms with Crippen LogP contribution in [0.3, 0.4) is 0 Å². The Morgan fingerprint density at radius 2 is 2.12 bits per heavy atom. The molecule has 2 fully saturated rings. The standard InChI is InChI=1S/C15H23N3O5S2/c1-11(19)18-5-3-17(4-6-18)8-14-15(20)13(9-23-14)16-25(21,22)12-2-7-24-10-12/h2,7,10,13-16,20H,3-6,8-9H2,1H3/t13-,14-,15+/m0/s1. The molecule has 1 aromatic rings. The highest BCUT2D eigenvalue weighted by Gasteiger charge is 2.39. The fraction of sp³-hybridized carbons (Fsp3) is 0.667. The quantitative estimate of drug-likeness (QED) is 0.692. The topological polar surface area (TPSA) is 99.2 Å². The second-order valence-electron chi connectivity index (χ2n) is 6.36. The van der Waals surface area contributed by atoms with Gasteiger partial charge in [-0.25, -0.2) is 13.1 Å². The Balaban J connectivity index is 1.52. The average molecular weight is 389 g/mol. The molecule has 2 N–H and O–H groups in total. The van der Waals surface area contributed by atoms with Gasteiger partial charge in [0.15, 0.2) is 0 Å². The molecule has 1 amide bonds. The van der Waals surface area contributed by atoms with Crippen LogP contribution in [0.2, 0.25) is 0 Å². The lowest BCUT2D eigenvalue weighted by Gasteiger charge is -2.35. The van der Waals surface area contributed by atoms with Gasteiger partial charge >= 0.3 is 0 Å². The zero-order chi connectivity index (χ0) is 18.0. The Hall–Kier alpha value is -1.04. The number of sulfonamides is 1. The SMILES string of the molecule is CC(=O)N1CCN(C[C@@H]2OC[C@H](NS(=O)(=O)c3ccsc3)[C@H]2O)CC1. The third-order valence-corrected chi connectivity index (χ3v) is 6.97. The summed E-state index contributed by atoms with van der Waals surface area (Å²) in [6, 6.07) is 0.870. The van der Waals surface area contributed by atoms with Crippen LogP contribution in [0, 0.1) is 0 Å². The smallest absolute Gasteiger partial charge is 0.241 e. The van der Waals surface area contributed by atoms with Crippen molar-refractivity contribution >= 4 is 27.3 Å². The van der Waals surface area contributed by atoms with E-state index in [0.717, 1.165) is 13.1 Å². The molecule has 2 aliphatic heterocycles. The van der Waals surface area contributed by atoms with E-state index in [-0.39, 0.29) is 17.4 Å². The normalized spacial score (nSPS) is 28.4. The Kier molecular flexibility index (Phi) is 5.76. The van der Waals surface area contributed by atoms with Gasteiger partial charge in [0.1, 0.15) is 0 Å². The predicted molar refractivity (Wildman–Crippen MR) is 92.9 cm³/mol. The van der Waals surface area contributed by atoms with Gasteiger partial charge in [0.05, 0.1) is 29.8 Å². The van der Waals surface area contributed by atoms with Crippen LogP contribution in [0.15, 0.2) is 21.7 Å². The lowest BCUT2D eigenvalue weighted by Crippen LogP contribution is -2.52. The number of ether oxygens (including phenoxy) is 1. The summed E-state index contributed by atoms with van der Waals surface area (Å²) in [5.41, 5.74) is 0. The van der Waals surface area contributed by atoms with Gasteiger partial charge in [-0.05, 0) is 11.4 Å². The molecular weight excluding hydrogens is 366 g/mol. The van der Waals surface area contributed by atoms with Crippen LogP contribution in [0.4, 0.5) is 0 Å². The van der Waals surface area contributed by atoms with Crippen LogP contribution in [0.5, 0.6) is 0 Å². The number of hydrogen-bond donors (Lipinski definition) is 2. The van der Waals surface area contributed by atoms with Crippen molar-refractivity contribution < 1.29 is 23.1 Å². The Bertz CT molecular complexity index is 686. The van der Waals surface area contributed by atoms with E-state index in [1.54, 1.807) is 22.6 Å². The van der Waals surface area contributed by atoms with Gasteiger partial charge in [0, 0.05) is 45.0 Å². The van der Waals surface area contributed by atoms with E-state index >= 15 is 0 Å². The first-order valence-corrected chi connectivity index (χ1v) is 10.6. The summed E-state index contributed by atoms with van der Waals surface area (Å²) in [5, 5.41) is 13.7. The van der Waals surface area contributed by atoms with Gasteiger partial charge in [0.25, 0.3) is 0 Å². The lowest BCUT2D eigenvalue weighted by atomic mass is 10.1. The summed E-state index contributed by atoms with van der Waals surface area (Å²) in [5.74, 6) is 0.0692. The molecule has 3 rings (SSSR count). The average Bonchev–Trinajstić information content (AvgIpc) is 3.21. The summed E-state index contributed by atoms with van der Waals surface area (Å²) >= 11 is 1.30. The summed E-state index contributed by atoms with van der Waals surface area (Å²) in [4.78, 5) is 15.5. The number of rotatable bonds is 5. The molecule has 0 radical (unpaired) electrons. The van der Waals surface area contributed by atoms with Crippen molar-refractivity contribution in [3.8, 4) is 0 Å². The Morgan fingerprint density at radius 3 is 2.72 bits per heavy atom. The summed E-state index contributed by atoms with van der Waals surface area (Å²) in [6.45, 7) is 4.98. The first-order chi connectivity index (χ1) is 11.9. The molecule has 8 nitrogen and oxygen atoms in total. The highest BCUT2D eigenvalue weighted by atomic mass is 32.2. The second kappa shape index (κ2) is 7.68. The molecule has 25 heavy (non-hydrogen) atoms. The maximum absolute atomic E-state index is 12.3. The number of aliphatic hydroxyl groups is 1. The van der Waals surface area contributed by atoms with E-state index in [4.69, 9.17) is 4.74 Å². The number of nitrogens with one attached hydrogen (secondary N) is 1. The van der Waals surface area contributed by atoms with E-state index in [0.29, 0.717) is 19.6 Å². The van der Waals surface area contributed by atoms with Crippen molar-refractivity contribution in [1.82, 2.24) is 14.5 Å². The van der Waals surface area contributed by atoms with Crippen molar-refractivity contribution in [1.29, 1.82) is 0 Å². The minimum absolute atomic E-state index is 0.0692. The maximum atomic E-state index is 12.3. The number of piperazine rings is 1. The van der Waals surface area contributed by atoms with Crippen LogP contribution in [-0.4, -0.2) is 86.8 Å². The van der Waals surface area contributed by atoms with Crippen molar-refractivity contribution in [2.45, 2.75) is 30.1 Å². The Morgan fingerprint density at radius 1 is 1.40 bits per heavy atom. The van der Waals surface area contributed by atoms with Gasteiger partial charge in [-0.1, -0.05) is 0 Å². The van der Waals surface area contributed by atoms with Crippen molar-refractivity contribution in [3.63, 3.8) is 0 Å². The molecule has 140 valence electrons. The first kappa shape index (κ1) is 18.7. The van der Waals surface area contributed by atoms with Gasteiger partial charge in [-0.3, -0.25) is 9.69 Å². The highest BCUT2D eigenvalue weighted by molar-refractivity contribution is 7.89. The Labute approximate surface area is 151 Å². The molecule has 0 bridgehead atoms. The number of aliphatic hydroxyl groups excluding tert-OH is 1. The number of amides is 1. The highest BCUT2D eigenvalue weighted by Crippen LogP contribution is 2.20. The molecule has 3 heterocycles. The van der Waals surface area contributed by atoms with E-state index in [9.17, 15) is 18.3 Å². The molecule has 2 saturated heterocycles.